The monoisotopic (exact) mass is 490 g/mol. The van der Waals surface area contributed by atoms with Crippen LogP contribution in [-0.4, -0.2) is 36.2 Å². The second kappa shape index (κ2) is 9.95. The third kappa shape index (κ3) is 4.94. The number of amidine groups is 1. The number of aliphatic imine (C=N–C) groups is 1. The lowest BCUT2D eigenvalue weighted by Gasteiger charge is -2.13. The summed E-state index contributed by atoms with van der Waals surface area (Å²) in [5, 5.41) is 0.553. The predicted octanol–water partition coefficient (Wildman–Crippen LogP) is 5.79. The number of amides is 1. The zero-order chi connectivity index (χ0) is 21.7. The van der Waals surface area contributed by atoms with E-state index in [1.807, 2.05) is 13.0 Å². The molecule has 1 heterocycles. The predicted molar refractivity (Wildman–Crippen MR) is 123 cm³/mol. The highest BCUT2D eigenvalue weighted by Gasteiger charge is 2.32. The van der Waals surface area contributed by atoms with Crippen LogP contribution in [0.5, 0.6) is 11.5 Å². The number of halogens is 2. The highest BCUT2D eigenvalue weighted by Crippen LogP contribution is 2.39. The average molecular weight is 491 g/mol. The molecule has 1 amide bonds. The minimum Gasteiger partial charge on any atom is -0.493 e. The van der Waals surface area contributed by atoms with Gasteiger partial charge >= 0.3 is 0 Å². The molecule has 30 heavy (non-hydrogen) atoms. The molecule has 0 unspecified atom stereocenters. The van der Waals surface area contributed by atoms with Crippen molar-refractivity contribution in [3.8, 4) is 11.5 Å². The maximum atomic E-state index is 13.1. The van der Waals surface area contributed by atoms with Crippen molar-refractivity contribution in [3.05, 3.63) is 69.8 Å². The van der Waals surface area contributed by atoms with E-state index < -0.39 is 0 Å². The van der Waals surface area contributed by atoms with Crippen LogP contribution in [0.1, 0.15) is 12.5 Å². The van der Waals surface area contributed by atoms with E-state index in [9.17, 15) is 9.18 Å². The van der Waals surface area contributed by atoms with E-state index in [1.165, 1.54) is 23.9 Å². The maximum Gasteiger partial charge on any atom is 0.266 e. The third-order valence-electron chi connectivity index (χ3n) is 4.15. The van der Waals surface area contributed by atoms with Gasteiger partial charge in [0.25, 0.3) is 5.91 Å². The first kappa shape index (κ1) is 22.1. The lowest BCUT2D eigenvalue weighted by atomic mass is 10.2. The number of hydrogen-bond acceptors (Lipinski definition) is 5. The van der Waals surface area contributed by atoms with E-state index in [-0.39, 0.29) is 11.7 Å². The Bertz CT molecular complexity index is 1020. The second-order valence-electron chi connectivity index (χ2n) is 6.16. The molecule has 0 aliphatic carbocycles. The quantitative estimate of drug-likeness (QED) is 0.364. The van der Waals surface area contributed by atoms with E-state index in [4.69, 9.17) is 9.47 Å². The Morgan fingerprint density at radius 2 is 2.03 bits per heavy atom. The van der Waals surface area contributed by atoms with Crippen LogP contribution in [0.3, 0.4) is 0 Å². The molecule has 0 aromatic heterocycles. The zero-order valence-corrected chi connectivity index (χ0v) is 18.9. The van der Waals surface area contributed by atoms with Crippen LogP contribution in [0.15, 0.2) is 63.4 Å². The molecule has 3 rings (SSSR count). The van der Waals surface area contributed by atoms with Gasteiger partial charge in [-0.2, -0.15) is 0 Å². The van der Waals surface area contributed by atoms with Crippen molar-refractivity contribution in [1.82, 2.24) is 4.90 Å². The summed E-state index contributed by atoms with van der Waals surface area (Å²) in [5.41, 5.74) is 1.36. The molecule has 156 valence electrons. The Morgan fingerprint density at radius 3 is 2.67 bits per heavy atom. The lowest BCUT2D eigenvalue weighted by molar-refractivity contribution is -0.122. The summed E-state index contributed by atoms with van der Waals surface area (Å²) in [5.74, 6) is 0.646. The Hall–Kier alpha value is -2.58. The fourth-order valence-corrected chi connectivity index (χ4v) is 4.39. The zero-order valence-electron chi connectivity index (χ0n) is 16.5. The van der Waals surface area contributed by atoms with E-state index in [1.54, 1.807) is 42.4 Å². The normalized spacial score (nSPS) is 16.4. The summed E-state index contributed by atoms with van der Waals surface area (Å²) in [6.07, 6.45) is 3.43. The Labute approximate surface area is 187 Å². The smallest absolute Gasteiger partial charge is 0.266 e. The Morgan fingerprint density at radius 1 is 1.30 bits per heavy atom. The van der Waals surface area contributed by atoms with Crippen LogP contribution in [0.25, 0.3) is 6.08 Å². The fraction of sp³-hybridized carbons (Fsp3) is 0.182. The summed E-state index contributed by atoms with van der Waals surface area (Å²) in [4.78, 5) is 19.5. The molecule has 1 saturated heterocycles. The molecule has 0 atom stereocenters. The topological polar surface area (TPSA) is 51.1 Å². The van der Waals surface area contributed by atoms with Gasteiger partial charge in [0.2, 0.25) is 0 Å². The van der Waals surface area contributed by atoms with Gasteiger partial charge < -0.3 is 9.47 Å². The van der Waals surface area contributed by atoms with Crippen LogP contribution in [-0.2, 0) is 4.79 Å². The first-order chi connectivity index (χ1) is 14.5. The van der Waals surface area contributed by atoms with Crippen LogP contribution >= 0.6 is 27.7 Å². The third-order valence-corrected chi connectivity index (χ3v) is 5.75. The second-order valence-corrected chi connectivity index (χ2v) is 8.03. The first-order valence-corrected chi connectivity index (χ1v) is 10.7. The number of ether oxygens (including phenoxy) is 2. The van der Waals surface area contributed by atoms with E-state index in [0.717, 1.165) is 5.56 Å². The number of rotatable bonds is 7. The van der Waals surface area contributed by atoms with Crippen molar-refractivity contribution in [2.75, 3.05) is 20.3 Å². The van der Waals surface area contributed by atoms with Gasteiger partial charge in [-0.1, -0.05) is 12.7 Å². The molecule has 2 aromatic carbocycles. The van der Waals surface area contributed by atoms with Crippen molar-refractivity contribution >= 4 is 50.5 Å². The van der Waals surface area contributed by atoms with Gasteiger partial charge in [0.05, 0.1) is 22.2 Å². The summed E-state index contributed by atoms with van der Waals surface area (Å²) < 4.78 is 24.9. The molecule has 0 radical (unpaired) electrons. The maximum absolute atomic E-state index is 13.1. The lowest BCUT2D eigenvalue weighted by Crippen LogP contribution is -2.28. The number of benzene rings is 2. The van der Waals surface area contributed by atoms with Crippen molar-refractivity contribution in [2.45, 2.75) is 6.92 Å². The number of hydrogen-bond donors (Lipinski definition) is 0. The molecule has 1 aliphatic heterocycles. The molecule has 0 saturated carbocycles. The highest BCUT2D eigenvalue weighted by atomic mass is 79.9. The number of nitrogens with zero attached hydrogens (tertiary/aromatic N) is 2. The Balaban J connectivity index is 1.93. The van der Waals surface area contributed by atoms with Gasteiger partial charge in [-0.05, 0) is 82.7 Å². The molecule has 0 N–H and O–H groups in total. The summed E-state index contributed by atoms with van der Waals surface area (Å²) in [7, 11) is 1.56. The molecule has 0 bridgehead atoms. The average Bonchev–Trinajstić information content (AvgIpc) is 3.02. The molecular weight excluding hydrogens is 471 g/mol. The van der Waals surface area contributed by atoms with E-state index in [2.05, 4.69) is 27.5 Å². The van der Waals surface area contributed by atoms with Crippen molar-refractivity contribution in [1.29, 1.82) is 0 Å². The number of carbonyl (C=O) groups is 1. The van der Waals surface area contributed by atoms with Gasteiger partial charge in [-0.15, -0.1) is 0 Å². The number of carbonyl (C=O) groups excluding carboxylic acids is 1. The number of methoxy groups -OCH3 is 1. The van der Waals surface area contributed by atoms with Gasteiger partial charge in [0, 0.05) is 6.54 Å². The van der Waals surface area contributed by atoms with Crippen molar-refractivity contribution in [2.24, 2.45) is 4.99 Å². The SMILES string of the molecule is C=CCOc1c(Br)cc(/C=C2/SC(=Nc3ccc(F)cc3)N(CC)C2=O)cc1OC. The standard InChI is InChI=1S/C22H20BrFN2O3S/c1-4-10-29-20-17(23)11-14(12-18(20)28-3)13-19-21(27)26(5-2)22(30-19)25-16-8-6-15(24)7-9-16/h4,6-9,11-13H,1,5,10H2,2-3H3/b19-13+,25-22?. The van der Waals surface area contributed by atoms with Gasteiger partial charge in [0.15, 0.2) is 16.7 Å². The van der Waals surface area contributed by atoms with E-state index in [0.29, 0.717) is 44.9 Å². The molecule has 0 spiro atoms. The molecule has 5 nitrogen and oxygen atoms in total. The highest BCUT2D eigenvalue weighted by molar-refractivity contribution is 9.10. The molecule has 8 heteroatoms. The molecule has 2 aromatic rings. The van der Waals surface area contributed by atoms with Crippen molar-refractivity contribution < 1.29 is 18.7 Å². The van der Waals surface area contributed by atoms with E-state index >= 15 is 0 Å². The molecular formula is C22H20BrFN2O3S. The number of likely N-dealkylation sites (N-methyl/N-ethyl adjacent to an activating group) is 1. The van der Waals surface area contributed by atoms with Crippen molar-refractivity contribution in [3.63, 3.8) is 0 Å². The van der Waals surface area contributed by atoms with Crippen LogP contribution < -0.4 is 9.47 Å². The van der Waals surface area contributed by atoms with Gasteiger partial charge in [-0.25, -0.2) is 9.38 Å². The largest absolute Gasteiger partial charge is 0.493 e. The van der Waals surface area contributed by atoms with Gasteiger partial charge in [0.1, 0.15) is 12.4 Å². The number of thioether (sulfide) groups is 1. The fourth-order valence-electron chi connectivity index (χ4n) is 2.75. The van der Waals surface area contributed by atoms with Gasteiger partial charge in [-0.3, -0.25) is 9.69 Å². The Kier molecular flexibility index (Phi) is 7.33. The van der Waals surface area contributed by atoms with Crippen LogP contribution in [0.4, 0.5) is 10.1 Å². The minimum atomic E-state index is -0.331. The molecule has 1 fully saturated rings. The first-order valence-electron chi connectivity index (χ1n) is 9.13. The summed E-state index contributed by atoms with van der Waals surface area (Å²) >= 11 is 4.77. The summed E-state index contributed by atoms with van der Waals surface area (Å²) in [6, 6.07) is 9.49. The minimum absolute atomic E-state index is 0.134. The van der Waals surface area contributed by atoms with Crippen LogP contribution in [0.2, 0.25) is 0 Å². The van der Waals surface area contributed by atoms with Crippen LogP contribution in [0, 0.1) is 5.82 Å². The molecule has 1 aliphatic rings. The summed E-state index contributed by atoms with van der Waals surface area (Å²) in [6.45, 7) is 6.35.